The lowest BCUT2D eigenvalue weighted by molar-refractivity contribution is 0.0952. The Balaban J connectivity index is 1.52. The van der Waals surface area contributed by atoms with E-state index in [9.17, 15) is 4.79 Å². The molecule has 0 radical (unpaired) electrons. The van der Waals surface area contributed by atoms with E-state index in [2.05, 4.69) is 39.2 Å². The molecule has 1 aliphatic heterocycles. The van der Waals surface area contributed by atoms with Crippen LogP contribution in [0, 0.1) is 6.92 Å². The van der Waals surface area contributed by atoms with E-state index < -0.39 is 0 Å². The molecule has 140 valence electrons. The number of anilines is 1. The summed E-state index contributed by atoms with van der Waals surface area (Å²) < 4.78 is 0. The fourth-order valence-corrected chi connectivity index (χ4v) is 4.39. The summed E-state index contributed by atoms with van der Waals surface area (Å²) in [5.74, 6) is -0.0746. The second-order valence-corrected chi connectivity index (χ2v) is 7.85. The fraction of sp³-hybridized carbons (Fsp3) is 0.381. The molecule has 1 aliphatic rings. The quantitative estimate of drug-likeness (QED) is 0.724. The molecule has 1 saturated heterocycles. The molecule has 4 rings (SSSR count). The van der Waals surface area contributed by atoms with Crippen LogP contribution in [0.1, 0.15) is 47.1 Å². The lowest BCUT2D eigenvalue weighted by Crippen LogP contribution is -2.24. The van der Waals surface area contributed by atoms with Gasteiger partial charge in [-0.3, -0.25) is 9.78 Å². The Morgan fingerprint density at radius 1 is 1.22 bits per heavy atom. The van der Waals surface area contributed by atoms with Crippen molar-refractivity contribution < 1.29 is 4.79 Å². The molecule has 0 saturated carbocycles. The van der Waals surface area contributed by atoms with Gasteiger partial charge in [0.15, 0.2) is 5.13 Å². The summed E-state index contributed by atoms with van der Waals surface area (Å²) in [5, 5.41) is 7.05. The summed E-state index contributed by atoms with van der Waals surface area (Å²) in [6.07, 6.45) is 3.41. The largest absolute Gasteiger partial charge is 0.348 e. The molecule has 1 aromatic carbocycles. The maximum absolute atomic E-state index is 12.9. The highest BCUT2D eigenvalue weighted by Gasteiger charge is 2.17. The third-order valence-electron chi connectivity index (χ3n) is 5.00. The molecule has 3 aromatic rings. The third-order valence-corrected chi connectivity index (χ3v) is 5.95. The van der Waals surface area contributed by atoms with Crippen LogP contribution in [0.4, 0.5) is 5.13 Å². The molecule has 6 heteroatoms. The highest BCUT2D eigenvalue weighted by molar-refractivity contribution is 7.13. The van der Waals surface area contributed by atoms with Crippen molar-refractivity contribution in [3.05, 3.63) is 52.2 Å². The normalized spacial score (nSPS) is 14.1. The minimum atomic E-state index is -0.0746. The van der Waals surface area contributed by atoms with Crippen LogP contribution in [0.2, 0.25) is 0 Å². The number of carbonyl (C=O) groups is 1. The molecule has 1 fully saturated rings. The lowest BCUT2D eigenvalue weighted by Gasteiger charge is -2.12. The molecule has 0 unspecified atom stereocenters. The summed E-state index contributed by atoms with van der Waals surface area (Å²) in [6.45, 7) is 6.65. The second kappa shape index (κ2) is 7.64. The third kappa shape index (κ3) is 3.81. The number of thiazole rings is 1. The summed E-state index contributed by atoms with van der Waals surface area (Å²) in [6, 6.07) is 8.02. The number of aromatic nitrogens is 2. The van der Waals surface area contributed by atoms with E-state index in [4.69, 9.17) is 0 Å². The van der Waals surface area contributed by atoms with Gasteiger partial charge in [-0.05, 0) is 49.9 Å². The van der Waals surface area contributed by atoms with Crippen molar-refractivity contribution in [1.29, 1.82) is 0 Å². The Kier molecular flexibility index (Phi) is 5.07. The van der Waals surface area contributed by atoms with E-state index in [1.807, 2.05) is 24.4 Å². The molecule has 2 aromatic heterocycles. The Morgan fingerprint density at radius 2 is 2.04 bits per heavy atom. The van der Waals surface area contributed by atoms with Crippen molar-refractivity contribution in [2.75, 3.05) is 18.0 Å². The van der Waals surface area contributed by atoms with E-state index in [0.29, 0.717) is 12.1 Å². The molecule has 0 bridgehead atoms. The van der Waals surface area contributed by atoms with Gasteiger partial charge in [-0.15, -0.1) is 11.3 Å². The van der Waals surface area contributed by atoms with Gasteiger partial charge in [0.1, 0.15) is 0 Å². The number of nitrogens with one attached hydrogen (secondary N) is 1. The van der Waals surface area contributed by atoms with Crippen LogP contribution in [0.25, 0.3) is 10.9 Å². The summed E-state index contributed by atoms with van der Waals surface area (Å²) >= 11 is 1.66. The van der Waals surface area contributed by atoms with Crippen LogP contribution < -0.4 is 10.2 Å². The van der Waals surface area contributed by atoms with Gasteiger partial charge >= 0.3 is 0 Å². The number of carbonyl (C=O) groups excluding carboxylic acids is 1. The highest BCUT2D eigenvalue weighted by Crippen LogP contribution is 2.25. The average Bonchev–Trinajstić information content (AvgIpc) is 3.36. The SMILES string of the molecule is CCc1ccc2nc(C)cc(C(=O)NCc3csc(N4CCCC4)n3)c2c1. The molecular weight excluding hydrogens is 356 g/mol. The van der Waals surface area contributed by atoms with Gasteiger partial charge in [0.25, 0.3) is 5.91 Å². The Labute approximate surface area is 163 Å². The van der Waals surface area contributed by atoms with Crippen LogP contribution in [-0.2, 0) is 13.0 Å². The molecule has 0 aliphatic carbocycles. The molecule has 5 nitrogen and oxygen atoms in total. The second-order valence-electron chi connectivity index (χ2n) is 7.01. The van der Waals surface area contributed by atoms with Crippen LogP contribution >= 0.6 is 11.3 Å². The number of amides is 1. The highest BCUT2D eigenvalue weighted by atomic mass is 32.1. The zero-order valence-corrected chi connectivity index (χ0v) is 16.6. The van der Waals surface area contributed by atoms with Gasteiger partial charge in [0.2, 0.25) is 0 Å². The van der Waals surface area contributed by atoms with Crippen molar-refractivity contribution in [2.24, 2.45) is 0 Å². The number of benzene rings is 1. The predicted octanol–water partition coefficient (Wildman–Crippen LogP) is 4.09. The molecule has 1 amide bonds. The first kappa shape index (κ1) is 17.9. The molecule has 1 N–H and O–H groups in total. The average molecular weight is 381 g/mol. The van der Waals surface area contributed by atoms with E-state index in [-0.39, 0.29) is 5.91 Å². The topological polar surface area (TPSA) is 58.1 Å². The van der Waals surface area contributed by atoms with Crippen LogP contribution in [0.5, 0.6) is 0 Å². The minimum absolute atomic E-state index is 0.0746. The first-order valence-electron chi connectivity index (χ1n) is 9.52. The van der Waals surface area contributed by atoms with Crippen molar-refractivity contribution >= 4 is 33.3 Å². The number of hydrogen-bond acceptors (Lipinski definition) is 5. The maximum Gasteiger partial charge on any atom is 0.252 e. The molecule has 3 heterocycles. The zero-order valence-electron chi connectivity index (χ0n) is 15.8. The standard InChI is InChI=1S/C21H24N4OS/c1-3-15-6-7-19-17(11-15)18(10-14(2)23-19)20(26)22-12-16-13-27-21(24-16)25-8-4-5-9-25/h6-7,10-11,13H,3-5,8-9,12H2,1-2H3,(H,22,26). The number of rotatable bonds is 5. The number of fused-ring (bicyclic) bond motifs is 1. The maximum atomic E-state index is 12.9. The van der Waals surface area contributed by atoms with Crippen molar-refractivity contribution in [1.82, 2.24) is 15.3 Å². The van der Waals surface area contributed by atoms with Gasteiger partial charge in [-0.2, -0.15) is 0 Å². The van der Waals surface area contributed by atoms with E-state index in [1.165, 1.54) is 18.4 Å². The Hall–Kier alpha value is -2.47. The van der Waals surface area contributed by atoms with Crippen molar-refractivity contribution in [2.45, 2.75) is 39.7 Å². The minimum Gasteiger partial charge on any atom is -0.348 e. The smallest absolute Gasteiger partial charge is 0.252 e. The van der Waals surface area contributed by atoms with Gasteiger partial charge in [0, 0.05) is 29.5 Å². The molecule has 27 heavy (non-hydrogen) atoms. The van der Waals surface area contributed by atoms with Crippen LogP contribution in [-0.4, -0.2) is 29.0 Å². The van der Waals surface area contributed by atoms with Crippen LogP contribution in [0.3, 0.4) is 0 Å². The summed E-state index contributed by atoms with van der Waals surface area (Å²) in [5.41, 5.74) is 4.52. The number of nitrogens with zero attached hydrogens (tertiary/aromatic N) is 3. The van der Waals surface area contributed by atoms with Gasteiger partial charge < -0.3 is 10.2 Å². The predicted molar refractivity (Wildman–Crippen MR) is 111 cm³/mol. The molecule has 0 spiro atoms. The fourth-order valence-electron chi connectivity index (χ4n) is 3.51. The van der Waals surface area contributed by atoms with Gasteiger partial charge in [0.05, 0.1) is 23.3 Å². The number of aryl methyl sites for hydroxylation is 2. The number of pyridine rings is 1. The van der Waals surface area contributed by atoms with Crippen LogP contribution in [0.15, 0.2) is 29.6 Å². The van der Waals surface area contributed by atoms with Gasteiger partial charge in [-0.25, -0.2) is 4.98 Å². The van der Waals surface area contributed by atoms with E-state index >= 15 is 0 Å². The van der Waals surface area contributed by atoms with E-state index in [1.54, 1.807) is 11.3 Å². The first-order valence-corrected chi connectivity index (χ1v) is 10.4. The Morgan fingerprint density at radius 3 is 2.81 bits per heavy atom. The number of hydrogen-bond donors (Lipinski definition) is 1. The molecular formula is C21H24N4OS. The van der Waals surface area contributed by atoms with Crippen molar-refractivity contribution in [3.8, 4) is 0 Å². The monoisotopic (exact) mass is 380 g/mol. The Bertz CT molecular complexity index is 975. The first-order chi connectivity index (χ1) is 13.1. The molecule has 0 atom stereocenters. The summed E-state index contributed by atoms with van der Waals surface area (Å²) in [7, 11) is 0. The summed E-state index contributed by atoms with van der Waals surface area (Å²) in [4.78, 5) is 24.4. The zero-order chi connectivity index (χ0) is 18.8. The van der Waals surface area contributed by atoms with E-state index in [0.717, 1.165) is 46.9 Å². The van der Waals surface area contributed by atoms with Crippen molar-refractivity contribution in [3.63, 3.8) is 0 Å². The van der Waals surface area contributed by atoms with Gasteiger partial charge in [-0.1, -0.05) is 13.0 Å². The lowest BCUT2D eigenvalue weighted by atomic mass is 10.0.